The molecule has 2 rings (SSSR count). The van der Waals surface area contributed by atoms with E-state index in [1.165, 1.54) is 0 Å². The summed E-state index contributed by atoms with van der Waals surface area (Å²) in [5.74, 6) is 0. The van der Waals surface area contributed by atoms with Crippen molar-refractivity contribution < 1.29 is 4.74 Å². The van der Waals surface area contributed by atoms with Crippen molar-refractivity contribution in [3.05, 3.63) is 18.0 Å². The minimum Gasteiger partial charge on any atom is -0.379 e. The topological polar surface area (TPSA) is 42.3 Å². The Labute approximate surface area is 122 Å². The zero-order valence-corrected chi connectivity index (χ0v) is 12.8. The predicted octanol–water partition coefficient (Wildman–Crippen LogP) is 1.67. The molecule has 20 heavy (non-hydrogen) atoms. The molecule has 0 atom stereocenters. The largest absolute Gasteiger partial charge is 0.379 e. The van der Waals surface area contributed by atoms with Gasteiger partial charge in [0.1, 0.15) is 0 Å². The summed E-state index contributed by atoms with van der Waals surface area (Å²) in [4.78, 5) is 2.44. The van der Waals surface area contributed by atoms with Crippen LogP contribution in [0, 0.1) is 0 Å². The van der Waals surface area contributed by atoms with Gasteiger partial charge in [0.2, 0.25) is 0 Å². The lowest BCUT2D eigenvalue weighted by Crippen LogP contribution is -2.40. The van der Waals surface area contributed by atoms with E-state index in [-0.39, 0.29) is 0 Å². The van der Waals surface area contributed by atoms with Gasteiger partial charge in [-0.05, 0) is 18.9 Å². The fraction of sp³-hybridized carbons (Fsp3) is 0.800. The Morgan fingerprint density at radius 3 is 2.75 bits per heavy atom. The fourth-order valence-electron chi connectivity index (χ4n) is 2.62. The van der Waals surface area contributed by atoms with Crippen molar-refractivity contribution in [3.63, 3.8) is 0 Å². The first-order valence-corrected chi connectivity index (χ1v) is 7.88. The molecule has 1 N–H and O–H groups in total. The Balaban J connectivity index is 1.66. The van der Waals surface area contributed by atoms with Crippen LogP contribution >= 0.6 is 0 Å². The molecule has 1 aliphatic rings. The van der Waals surface area contributed by atoms with E-state index in [9.17, 15) is 0 Å². The normalized spacial score (nSPS) is 16.9. The summed E-state index contributed by atoms with van der Waals surface area (Å²) in [6.45, 7) is 11.3. The van der Waals surface area contributed by atoms with Crippen molar-refractivity contribution in [2.45, 2.75) is 39.3 Å². The summed E-state index contributed by atoms with van der Waals surface area (Å²) in [5, 5.41) is 8.14. The van der Waals surface area contributed by atoms with Gasteiger partial charge in [0.05, 0.1) is 24.9 Å². The third kappa shape index (κ3) is 4.58. The van der Waals surface area contributed by atoms with Gasteiger partial charge in [-0.1, -0.05) is 13.8 Å². The minimum absolute atomic E-state index is 0.539. The van der Waals surface area contributed by atoms with E-state index in [1.54, 1.807) is 0 Å². The number of nitrogens with one attached hydrogen (secondary N) is 1. The van der Waals surface area contributed by atoms with E-state index in [0.717, 1.165) is 64.5 Å². The molecule has 1 aliphatic heterocycles. The lowest BCUT2D eigenvalue weighted by Gasteiger charge is -2.26. The van der Waals surface area contributed by atoms with E-state index >= 15 is 0 Å². The van der Waals surface area contributed by atoms with Crippen molar-refractivity contribution in [1.82, 2.24) is 20.0 Å². The molecule has 0 saturated carbocycles. The van der Waals surface area contributed by atoms with Crippen LogP contribution in [-0.2, 0) is 11.3 Å². The Morgan fingerprint density at radius 2 is 2.05 bits per heavy atom. The first kappa shape index (κ1) is 15.5. The first-order chi connectivity index (χ1) is 9.83. The minimum atomic E-state index is 0.539. The molecule has 5 heteroatoms. The highest BCUT2D eigenvalue weighted by Gasteiger charge is 2.10. The van der Waals surface area contributed by atoms with Crippen molar-refractivity contribution in [2.24, 2.45) is 0 Å². The third-order valence-electron chi connectivity index (χ3n) is 3.99. The number of morpholine rings is 1. The summed E-state index contributed by atoms with van der Waals surface area (Å²) in [6.07, 6.45) is 4.39. The van der Waals surface area contributed by atoms with Gasteiger partial charge in [-0.25, -0.2) is 0 Å². The van der Waals surface area contributed by atoms with Crippen LogP contribution in [0.2, 0.25) is 0 Å². The second kappa shape index (κ2) is 8.39. The Bertz CT molecular complexity index is 370. The molecule has 114 valence electrons. The molecule has 1 aromatic heterocycles. The number of ether oxygens (including phenoxy) is 1. The maximum Gasteiger partial charge on any atom is 0.0762 e. The maximum atomic E-state index is 5.35. The molecule has 0 bridgehead atoms. The number of rotatable bonds is 8. The molecule has 0 unspecified atom stereocenters. The van der Waals surface area contributed by atoms with Crippen LogP contribution in [0.5, 0.6) is 0 Å². The van der Waals surface area contributed by atoms with Gasteiger partial charge in [0, 0.05) is 38.9 Å². The zero-order valence-electron chi connectivity index (χ0n) is 12.8. The number of hydrogen-bond acceptors (Lipinski definition) is 4. The van der Waals surface area contributed by atoms with Gasteiger partial charge in [0.15, 0.2) is 0 Å². The average Bonchev–Trinajstić information content (AvgIpc) is 2.95. The van der Waals surface area contributed by atoms with Crippen LogP contribution < -0.4 is 5.32 Å². The molecular formula is C15H28N4O. The van der Waals surface area contributed by atoms with Gasteiger partial charge in [-0.2, -0.15) is 5.10 Å². The molecular weight excluding hydrogens is 252 g/mol. The summed E-state index contributed by atoms with van der Waals surface area (Å²) >= 11 is 0. The van der Waals surface area contributed by atoms with E-state index in [1.807, 2.05) is 0 Å². The van der Waals surface area contributed by atoms with Crippen LogP contribution in [-0.4, -0.2) is 54.1 Å². The smallest absolute Gasteiger partial charge is 0.0762 e. The highest BCUT2D eigenvalue weighted by Crippen LogP contribution is 2.14. The Kier molecular flexibility index (Phi) is 6.50. The first-order valence-electron chi connectivity index (χ1n) is 7.88. The molecule has 0 radical (unpaired) electrons. The van der Waals surface area contributed by atoms with Crippen LogP contribution in [0.25, 0.3) is 0 Å². The molecule has 0 aliphatic carbocycles. The summed E-state index contributed by atoms with van der Waals surface area (Å²) in [6, 6.07) is 2.66. The van der Waals surface area contributed by atoms with Crippen molar-refractivity contribution in [1.29, 1.82) is 0 Å². The van der Waals surface area contributed by atoms with Crippen LogP contribution in [0.4, 0.5) is 0 Å². The van der Waals surface area contributed by atoms with Crippen molar-refractivity contribution in [2.75, 3.05) is 39.4 Å². The highest BCUT2D eigenvalue weighted by molar-refractivity contribution is 4.99. The fourth-order valence-corrected chi connectivity index (χ4v) is 2.62. The van der Waals surface area contributed by atoms with Crippen LogP contribution in [0.1, 0.15) is 38.4 Å². The predicted molar refractivity (Wildman–Crippen MR) is 80.8 cm³/mol. The van der Waals surface area contributed by atoms with E-state index in [2.05, 4.69) is 46.1 Å². The summed E-state index contributed by atoms with van der Waals surface area (Å²) < 4.78 is 7.46. The standard InChI is InChI=1S/C15H28N4O/c1-3-15(4-2)19-7-5-14(17-19)13-16-6-8-18-9-11-20-12-10-18/h5,7,15-16H,3-4,6,8-13H2,1-2H3. The third-order valence-corrected chi connectivity index (χ3v) is 3.99. The quantitative estimate of drug-likeness (QED) is 0.736. The SMILES string of the molecule is CCC(CC)n1ccc(CNCCN2CCOCC2)n1. The molecule has 1 saturated heterocycles. The van der Waals surface area contributed by atoms with Crippen LogP contribution in [0.15, 0.2) is 12.3 Å². The van der Waals surface area contributed by atoms with Gasteiger partial charge >= 0.3 is 0 Å². The molecule has 1 aromatic rings. The second-order valence-corrected chi connectivity index (χ2v) is 5.39. The number of aromatic nitrogens is 2. The monoisotopic (exact) mass is 280 g/mol. The Morgan fingerprint density at radius 1 is 1.30 bits per heavy atom. The molecule has 0 spiro atoms. The van der Waals surface area contributed by atoms with Crippen LogP contribution in [0.3, 0.4) is 0 Å². The molecule has 0 aromatic carbocycles. The lowest BCUT2D eigenvalue weighted by atomic mass is 10.2. The Hall–Kier alpha value is -0.910. The van der Waals surface area contributed by atoms with E-state index in [4.69, 9.17) is 4.74 Å². The van der Waals surface area contributed by atoms with Gasteiger partial charge in [0.25, 0.3) is 0 Å². The molecule has 0 amide bonds. The van der Waals surface area contributed by atoms with Gasteiger partial charge in [-0.15, -0.1) is 0 Å². The van der Waals surface area contributed by atoms with Gasteiger partial charge in [-0.3, -0.25) is 9.58 Å². The highest BCUT2D eigenvalue weighted by atomic mass is 16.5. The van der Waals surface area contributed by atoms with E-state index < -0.39 is 0 Å². The lowest BCUT2D eigenvalue weighted by molar-refractivity contribution is 0.0384. The van der Waals surface area contributed by atoms with Crippen molar-refractivity contribution >= 4 is 0 Å². The van der Waals surface area contributed by atoms with Crippen molar-refractivity contribution in [3.8, 4) is 0 Å². The zero-order chi connectivity index (χ0) is 14.2. The van der Waals surface area contributed by atoms with Gasteiger partial charge < -0.3 is 10.1 Å². The average molecular weight is 280 g/mol. The summed E-state index contributed by atoms with van der Waals surface area (Å²) in [5.41, 5.74) is 1.14. The molecule has 2 heterocycles. The summed E-state index contributed by atoms with van der Waals surface area (Å²) in [7, 11) is 0. The number of nitrogens with zero attached hydrogens (tertiary/aromatic N) is 3. The second-order valence-electron chi connectivity index (χ2n) is 5.39. The maximum absolute atomic E-state index is 5.35. The number of hydrogen-bond donors (Lipinski definition) is 1. The molecule has 5 nitrogen and oxygen atoms in total. The molecule has 1 fully saturated rings. The van der Waals surface area contributed by atoms with E-state index in [0.29, 0.717) is 6.04 Å².